The summed E-state index contributed by atoms with van der Waals surface area (Å²) < 4.78 is 6.08. The highest BCUT2D eigenvalue weighted by molar-refractivity contribution is 6.31. The fraction of sp³-hybridized carbons (Fsp3) is 0.500. The van der Waals surface area contributed by atoms with E-state index >= 15 is 0 Å². The summed E-state index contributed by atoms with van der Waals surface area (Å²) in [5.74, 6) is 1.57. The molecule has 5 heterocycles. The Balaban J connectivity index is 0.792. The molecular weight excluding hydrogens is 736 g/mol. The van der Waals surface area contributed by atoms with E-state index in [1.54, 1.807) is 24.3 Å². The van der Waals surface area contributed by atoms with Gasteiger partial charge in [0.1, 0.15) is 23.7 Å². The number of piperidine rings is 2. The molecule has 0 spiro atoms. The van der Waals surface area contributed by atoms with Gasteiger partial charge in [-0.3, -0.25) is 29.4 Å². The second-order valence-corrected chi connectivity index (χ2v) is 15.5. The lowest BCUT2D eigenvalue weighted by molar-refractivity contribution is -0.137. The predicted molar refractivity (Wildman–Crippen MR) is 208 cm³/mol. The van der Waals surface area contributed by atoms with Gasteiger partial charge in [0.2, 0.25) is 17.7 Å². The monoisotopic (exact) mass is 782 g/mol. The molecule has 4 amide bonds. The highest BCUT2D eigenvalue weighted by Gasteiger charge is 2.29. The van der Waals surface area contributed by atoms with E-state index in [2.05, 4.69) is 46.9 Å². The van der Waals surface area contributed by atoms with Gasteiger partial charge in [0, 0.05) is 64.3 Å². The predicted octanol–water partition coefficient (Wildman–Crippen LogP) is 3.02. The average molecular weight is 783 g/mol. The Kier molecular flexibility index (Phi) is 12.6. The molecule has 1 aliphatic carbocycles. The second kappa shape index (κ2) is 18.1. The topological polar surface area (TPSA) is 186 Å². The molecule has 56 heavy (non-hydrogen) atoms. The zero-order valence-electron chi connectivity index (χ0n) is 31.3. The van der Waals surface area contributed by atoms with Crippen molar-refractivity contribution in [1.82, 2.24) is 36.0 Å². The summed E-state index contributed by atoms with van der Waals surface area (Å²) in [5, 5.41) is 26.3. The Hall–Kier alpha value is -5.33. The first-order chi connectivity index (χ1) is 27.2. The first-order valence-corrected chi connectivity index (χ1v) is 19.9. The van der Waals surface area contributed by atoms with Gasteiger partial charge in [-0.2, -0.15) is 5.26 Å². The molecule has 3 aliphatic heterocycles. The maximum Gasteiger partial charge on any atom is 0.272 e. The van der Waals surface area contributed by atoms with Gasteiger partial charge >= 0.3 is 0 Å². The maximum absolute atomic E-state index is 13.0. The van der Waals surface area contributed by atoms with Crippen LogP contribution in [-0.4, -0.2) is 108 Å². The van der Waals surface area contributed by atoms with Crippen LogP contribution in [0.15, 0.2) is 48.5 Å². The maximum atomic E-state index is 13.0. The van der Waals surface area contributed by atoms with Gasteiger partial charge in [0.05, 0.1) is 28.8 Å². The summed E-state index contributed by atoms with van der Waals surface area (Å²) in [6.07, 6.45) is 5.89. The van der Waals surface area contributed by atoms with E-state index in [9.17, 15) is 19.2 Å². The number of hydrogen-bond acceptors (Lipinski definition) is 12. The highest BCUT2D eigenvalue weighted by atomic mass is 35.5. The summed E-state index contributed by atoms with van der Waals surface area (Å²) in [7, 11) is 0. The summed E-state index contributed by atoms with van der Waals surface area (Å²) in [5.41, 5.74) is 1.37. The van der Waals surface area contributed by atoms with Gasteiger partial charge in [-0.15, -0.1) is 10.2 Å². The van der Waals surface area contributed by atoms with Gasteiger partial charge in [-0.05, 0) is 87.3 Å². The number of amides is 4. The standard InChI is InChI=1S/C40H47ClN10O5/c41-32-23-31(7-4-27(32)24-42)56-30-8-5-28(6-9-30)44-40(55)34-10-12-36(48-47-34)50-16-14-26(15-17-50)25-49-18-20-51(21-19-49)35-3-1-2-29(43-35)22-38(53)45-33-11-13-37(52)46-39(33)54/h1-4,7,10,12,23,26,28,30,33H,5-6,8-9,11,13-22,25H2,(H,44,55)(H,45,53)(H,46,52,54)/t28-,30-,33?. The third-order valence-electron chi connectivity index (χ3n) is 11.1. The number of rotatable bonds is 11. The normalized spacial score (nSPS) is 22.2. The summed E-state index contributed by atoms with van der Waals surface area (Å²) in [6.45, 7) is 6.37. The van der Waals surface area contributed by atoms with Gasteiger partial charge in [0.25, 0.3) is 5.91 Å². The summed E-state index contributed by atoms with van der Waals surface area (Å²) in [4.78, 5) is 60.8. The number of piperazine rings is 1. The number of nitriles is 1. The van der Waals surface area contributed by atoms with Crippen LogP contribution in [0.3, 0.4) is 0 Å². The number of nitrogens with zero attached hydrogens (tertiary/aromatic N) is 7. The molecule has 7 rings (SSSR count). The van der Waals surface area contributed by atoms with Crippen molar-refractivity contribution < 1.29 is 23.9 Å². The quantitative estimate of drug-likeness (QED) is 0.242. The fourth-order valence-corrected chi connectivity index (χ4v) is 8.12. The lowest BCUT2D eigenvalue weighted by atomic mass is 9.93. The molecule has 3 aromatic rings. The molecule has 1 aromatic carbocycles. The van der Waals surface area contributed by atoms with Crippen molar-refractivity contribution in [1.29, 1.82) is 5.26 Å². The van der Waals surface area contributed by atoms with Crippen LogP contribution in [-0.2, 0) is 20.8 Å². The minimum atomic E-state index is -0.696. The van der Waals surface area contributed by atoms with Crippen molar-refractivity contribution in [2.75, 3.05) is 55.6 Å². The molecule has 4 aliphatic rings. The Labute approximate surface area is 331 Å². The molecule has 1 atom stereocenters. The minimum absolute atomic E-state index is 0.0261. The van der Waals surface area contributed by atoms with Crippen molar-refractivity contribution in [3.05, 3.63) is 70.5 Å². The average Bonchev–Trinajstić information content (AvgIpc) is 3.20. The van der Waals surface area contributed by atoms with Crippen LogP contribution in [0.5, 0.6) is 5.75 Å². The molecule has 1 unspecified atom stereocenters. The number of halogens is 1. The zero-order chi connectivity index (χ0) is 39.0. The number of nitrogens with one attached hydrogen (secondary N) is 3. The third-order valence-corrected chi connectivity index (χ3v) is 11.4. The third kappa shape index (κ3) is 10.1. The van der Waals surface area contributed by atoms with Crippen molar-refractivity contribution in [2.24, 2.45) is 5.92 Å². The van der Waals surface area contributed by atoms with Crippen LogP contribution in [0, 0.1) is 17.2 Å². The van der Waals surface area contributed by atoms with Crippen molar-refractivity contribution in [3.63, 3.8) is 0 Å². The van der Waals surface area contributed by atoms with E-state index in [1.165, 1.54) is 0 Å². The largest absolute Gasteiger partial charge is 0.490 e. The van der Waals surface area contributed by atoms with E-state index < -0.39 is 11.9 Å². The Morgan fingerprint density at radius 3 is 2.34 bits per heavy atom. The summed E-state index contributed by atoms with van der Waals surface area (Å²) >= 11 is 6.14. The first-order valence-electron chi connectivity index (χ1n) is 19.5. The Morgan fingerprint density at radius 2 is 1.64 bits per heavy atom. The molecular formula is C40H47ClN10O5. The number of anilines is 2. The smallest absolute Gasteiger partial charge is 0.272 e. The number of benzene rings is 1. The van der Waals surface area contributed by atoms with Gasteiger partial charge in [-0.1, -0.05) is 17.7 Å². The van der Waals surface area contributed by atoms with Crippen LogP contribution in [0.2, 0.25) is 5.02 Å². The molecule has 16 heteroatoms. The molecule has 2 aromatic heterocycles. The number of imide groups is 1. The molecule has 294 valence electrons. The molecule has 4 fully saturated rings. The number of pyridine rings is 1. The number of hydrogen-bond donors (Lipinski definition) is 3. The van der Waals surface area contributed by atoms with E-state index in [4.69, 9.17) is 26.6 Å². The van der Waals surface area contributed by atoms with Crippen LogP contribution < -0.4 is 30.5 Å². The zero-order valence-corrected chi connectivity index (χ0v) is 32.0. The van der Waals surface area contributed by atoms with Crippen LogP contribution in [0.1, 0.15) is 73.1 Å². The number of carbonyl (C=O) groups is 4. The molecule has 3 N–H and O–H groups in total. The minimum Gasteiger partial charge on any atom is -0.490 e. The number of carbonyl (C=O) groups excluding carboxylic acids is 4. The number of ether oxygens (including phenoxy) is 1. The SMILES string of the molecule is N#Cc1ccc(O[C@H]2CC[C@H](NC(=O)c3ccc(N4CCC(CN5CCN(c6cccc(CC(=O)NC7CCC(=O)NC7=O)n6)CC5)CC4)nn3)CC2)cc1Cl. The van der Waals surface area contributed by atoms with Gasteiger partial charge in [-0.25, -0.2) is 4.98 Å². The molecule has 15 nitrogen and oxygen atoms in total. The second-order valence-electron chi connectivity index (χ2n) is 15.0. The van der Waals surface area contributed by atoms with Crippen LogP contribution in [0.4, 0.5) is 11.6 Å². The van der Waals surface area contributed by atoms with Gasteiger partial charge in [0.15, 0.2) is 11.5 Å². The molecule has 1 saturated carbocycles. The van der Waals surface area contributed by atoms with Crippen molar-refractivity contribution in [3.8, 4) is 11.8 Å². The Morgan fingerprint density at radius 1 is 0.875 bits per heavy atom. The van der Waals surface area contributed by atoms with E-state index in [0.29, 0.717) is 40.1 Å². The Bertz CT molecular complexity index is 1930. The molecule has 3 saturated heterocycles. The number of aromatic nitrogens is 3. The molecule has 0 bridgehead atoms. The lowest BCUT2D eigenvalue weighted by Gasteiger charge is -2.39. The van der Waals surface area contributed by atoms with Crippen LogP contribution in [0.25, 0.3) is 0 Å². The van der Waals surface area contributed by atoms with E-state index in [0.717, 1.165) is 96.0 Å². The van der Waals surface area contributed by atoms with Crippen LogP contribution >= 0.6 is 11.6 Å². The first kappa shape index (κ1) is 38.9. The van der Waals surface area contributed by atoms with E-state index in [-0.39, 0.29) is 42.7 Å². The van der Waals surface area contributed by atoms with Gasteiger partial charge < -0.3 is 25.2 Å². The highest BCUT2D eigenvalue weighted by Crippen LogP contribution is 2.28. The lowest BCUT2D eigenvalue weighted by Crippen LogP contribution is -2.52. The van der Waals surface area contributed by atoms with E-state index in [1.807, 2.05) is 24.3 Å². The van der Waals surface area contributed by atoms with Crippen molar-refractivity contribution >= 4 is 46.9 Å². The fourth-order valence-electron chi connectivity index (χ4n) is 7.90. The van der Waals surface area contributed by atoms with Crippen molar-refractivity contribution in [2.45, 2.75) is 76.0 Å². The molecule has 0 radical (unpaired) electrons. The summed E-state index contributed by atoms with van der Waals surface area (Å²) in [6, 6.07) is 15.8.